The predicted molar refractivity (Wildman–Crippen MR) is 78.7 cm³/mol. The Kier molecular flexibility index (Phi) is 6.33. The summed E-state index contributed by atoms with van der Waals surface area (Å²) in [5, 5.41) is 3.51. The quantitative estimate of drug-likeness (QED) is 0.779. The van der Waals surface area contributed by atoms with Crippen molar-refractivity contribution in [1.82, 2.24) is 0 Å². The minimum Gasteiger partial charge on any atom is -0.493 e. The summed E-state index contributed by atoms with van der Waals surface area (Å²) in [5.74, 6) is 1.98. The third kappa shape index (κ3) is 3.94. The number of hydrogen-bond acceptors (Lipinski definition) is 4. The van der Waals surface area contributed by atoms with Crippen LogP contribution in [0.5, 0.6) is 17.2 Å². The first-order valence-electron chi connectivity index (χ1n) is 6.76. The molecule has 1 unspecified atom stereocenters. The fraction of sp³-hybridized carbons (Fsp3) is 0.600. The summed E-state index contributed by atoms with van der Waals surface area (Å²) >= 11 is 0. The van der Waals surface area contributed by atoms with Crippen molar-refractivity contribution in [3.63, 3.8) is 0 Å². The minimum absolute atomic E-state index is 0.466. The predicted octanol–water partition coefficient (Wildman–Crippen LogP) is 3.70. The average Bonchev–Trinajstić information content (AvgIpc) is 2.45. The fourth-order valence-corrected chi connectivity index (χ4v) is 2.13. The highest BCUT2D eigenvalue weighted by molar-refractivity contribution is 5.62. The van der Waals surface area contributed by atoms with E-state index in [2.05, 4.69) is 19.2 Å². The van der Waals surface area contributed by atoms with E-state index in [1.54, 1.807) is 21.3 Å². The monoisotopic (exact) mass is 267 g/mol. The summed E-state index contributed by atoms with van der Waals surface area (Å²) in [6.45, 7) is 4.38. The first-order valence-corrected chi connectivity index (χ1v) is 6.76. The molecule has 0 aliphatic heterocycles. The van der Waals surface area contributed by atoms with Crippen LogP contribution in [0, 0.1) is 0 Å². The highest BCUT2D eigenvalue weighted by Gasteiger charge is 2.14. The first-order chi connectivity index (χ1) is 9.19. The zero-order valence-corrected chi connectivity index (χ0v) is 12.6. The Balaban J connectivity index is 3.01. The van der Waals surface area contributed by atoms with E-state index in [0.717, 1.165) is 24.9 Å². The van der Waals surface area contributed by atoms with E-state index in [-0.39, 0.29) is 0 Å². The van der Waals surface area contributed by atoms with Crippen LogP contribution in [-0.2, 0) is 0 Å². The maximum absolute atomic E-state index is 5.35. The van der Waals surface area contributed by atoms with Gasteiger partial charge in [0, 0.05) is 23.9 Å². The summed E-state index contributed by atoms with van der Waals surface area (Å²) in [4.78, 5) is 0. The second-order valence-electron chi connectivity index (χ2n) is 4.45. The number of anilines is 1. The number of nitrogens with one attached hydrogen (secondary N) is 1. The average molecular weight is 267 g/mol. The lowest BCUT2D eigenvalue weighted by Gasteiger charge is -2.20. The van der Waals surface area contributed by atoms with Gasteiger partial charge in [0.2, 0.25) is 5.75 Å². The van der Waals surface area contributed by atoms with Crippen LogP contribution in [0.1, 0.15) is 33.1 Å². The summed E-state index contributed by atoms with van der Waals surface area (Å²) in [7, 11) is 4.87. The molecule has 1 aromatic carbocycles. The van der Waals surface area contributed by atoms with Gasteiger partial charge in [0.25, 0.3) is 0 Å². The lowest BCUT2D eigenvalue weighted by atomic mass is 10.1. The van der Waals surface area contributed by atoms with Gasteiger partial charge in [0.05, 0.1) is 21.3 Å². The largest absolute Gasteiger partial charge is 0.493 e. The molecule has 0 fully saturated rings. The molecule has 1 rings (SSSR count). The highest BCUT2D eigenvalue weighted by atomic mass is 16.5. The molecule has 0 amide bonds. The van der Waals surface area contributed by atoms with Crippen molar-refractivity contribution in [2.45, 2.75) is 39.2 Å². The van der Waals surface area contributed by atoms with Crippen LogP contribution in [0.25, 0.3) is 0 Å². The smallest absolute Gasteiger partial charge is 0.203 e. The Morgan fingerprint density at radius 1 is 1.00 bits per heavy atom. The zero-order chi connectivity index (χ0) is 14.3. The van der Waals surface area contributed by atoms with Crippen LogP contribution in [-0.4, -0.2) is 27.4 Å². The molecule has 0 aliphatic carbocycles. The fourth-order valence-electron chi connectivity index (χ4n) is 2.13. The van der Waals surface area contributed by atoms with Crippen LogP contribution in [0.2, 0.25) is 0 Å². The molecule has 0 heterocycles. The van der Waals surface area contributed by atoms with Gasteiger partial charge < -0.3 is 19.5 Å². The second kappa shape index (κ2) is 7.77. The molecule has 19 heavy (non-hydrogen) atoms. The SMILES string of the molecule is CCCC(CC)Nc1cc(OC)c(OC)c(OC)c1. The molecule has 1 atom stereocenters. The molecule has 4 nitrogen and oxygen atoms in total. The van der Waals surface area contributed by atoms with Crippen LogP contribution >= 0.6 is 0 Å². The van der Waals surface area contributed by atoms with Gasteiger partial charge in [-0.25, -0.2) is 0 Å². The molecule has 0 radical (unpaired) electrons. The highest BCUT2D eigenvalue weighted by Crippen LogP contribution is 2.40. The van der Waals surface area contributed by atoms with Gasteiger partial charge in [-0.3, -0.25) is 0 Å². The van der Waals surface area contributed by atoms with Gasteiger partial charge in [0.15, 0.2) is 11.5 Å². The molecular weight excluding hydrogens is 242 g/mol. The summed E-state index contributed by atoms with van der Waals surface area (Å²) in [6.07, 6.45) is 3.40. The van der Waals surface area contributed by atoms with Gasteiger partial charge in [-0.1, -0.05) is 20.3 Å². The van der Waals surface area contributed by atoms with E-state index in [9.17, 15) is 0 Å². The molecule has 0 aromatic heterocycles. The molecule has 1 N–H and O–H groups in total. The van der Waals surface area contributed by atoms with Gasteiger partial charge in [0.1, 0.15) is 0 Å². The molecule has 108 valence electrons. The van der Waals surface area contributed by atoms with Crippen LogP contribution in [0.15, 0.2) is 12.1 Å². The normalized spacial score (nSPS) is 11.8. The van der Waals surface area contributed by atoms with Gasteiger partial charge >= 0.3 is 0 Å². The third-order valence-electron chi connectivity index (χ3n) is 3.17. The van der Waals surface area contributed by atoms with E-state index >= 15 is 0 Å². The zero-order valence-electron chi connectivity index (χ0n) is 12.6. The summed E-state index contributed by atoms with van der Waals surface area (Å²) in [5.41, 5.74) is 0.995. The summed E-state index contributed by atoms with van der Waals surface area (Å²) in [6, 6.07) is 4.35. The Labute approximate surface area is 116 Å². The van der Waals surface area contributed by atoms with Crippen molar-refractivity contribution in [2.24, 2.45) is 0 Å². The molecule has 0 saturated carbocycles. The molecule has 0 bridgehead atoms. The van der Waals surface area contributed by atoms with Gasteiger partial charge in [-0.05, 0) is 12.8 Å². The number of rotatable bonds is 8. The third-order valence-corrected chi connectivity index (χ3v) is 3.17. The number of methoxy groups -OCH3 is 3. The summed E-state index contributed by atoms with van der Waals surface area (Å²) < 4.78 is 16.0. The van der Waals surface area contributed by atoms with Crippen LogP contribution in [0.4, 0.5) is 5.69 Å². The van der Waals surface area contributed by atoms with E-state index in [0.29, 0.717) is 23.3 Å². The number of hydrogen-bond donors (Lipinski definition) is 1. The van der Waals surface area contributed by atoms with Crippen molar-refractivity contribution in [1.29, 1.82) is 0 Å². The molecule has 0 spiro atoms. The maximum Gasteiger partial charge on any atom is 0.203 e. The first kappa shape index (κ1) is 15.5. The second-order valence-corrected chi connectivity index (χ2v) is 4.45. The molecule has 0 saturated heterocycles. The number of benzene rings is 1. The molecule has 0 aliphatic rings. The van der Waals surface area contributed by atoms with Crippen molar-refractivity contribution < 1.29 is 14.2 Å². The number of ether oxygens (including phenoxy) is 3. The topological polar surface area (TPSA) is 39.7 Å². The Morgan fingerprint density at radius 2 is 1.58 bits per heavy atom. The Bertz CT molecular complexity index is 368. The van der Waals surface area contributed by atoms with E-state index < -0.39 is 0 Å². The van der Waals surface area contributed by atoms with E-state index in [1.165, 1.54) is 0 Å². The van der Waals surface area contributed by atoms with Gasteiger partial charge in [-0.15, -0.1) is 0 Å². The standard InChI is InChI=1S/C15H25NO3/c1-6-8-11(7-2)16-12-9-13(17-3)15(19-5)14(10-12)18-4/h9-11,16H,6-8H2,1-5H3. The van der Waals surface area contributed by atoms with Crippen molar-refractivity contribution in [2.75, 3.05) is 26.6 Å². The van der Waals surface area contributed by atoms with Gasteiger partial charge in [-0.2, -0.15) is 0 Å². The lowest BCUT2D eigenvalue weighted by Crippen LogP contribution is -2.18. The van der Waals surface area contributed by atoms with E-state index in [1.807, 2.05) is 12.1 Å². The van der Waals surface area contributed by atoms with Crippen LogP contribution in [0.3, 0.4) is 0 Å². The Morgan fingerprint density at radius 3 is 1.95 bits per heavy atom. The Hall–Kier alpha value is -1.58. The minimum atomic E-state index is 0.466. The van der Waals surface area contributed by atoms with Crippen molar-refractivity contribution in [3.05, 3.63) is 12.1 Å². The lowest BCUT2D eigenvalue weighted by molar-refractivity contribution is 0.324. The molecule has 4 heteroatoms. The van der Waals surface area contributed by atoms with Crippen LogP contribution < -0.4 is 19.5 Å². The van der Waals surface area contributed by atoms with Crippen molar-refractivity contribution >= 4 is 5.69 Å². The molecular formula is C15H25NO3. The van der Waals surface area contributed by atoms with E-state index in [4.69, 9.17) is 14.2 Å². The maximum atomic E-state index is 5.35. The molecule has 1 aromatic rings. The van der Waals surface area contributed by atoms with Crippen molar-refractivity contribution in [3.8, 4) is 17.2 Å².